The lowest BCUT2D eigenvalue weighted by Gasteiger charge is -2.37. The number of carbonyl (C=O) groups is 1. The van der Waals surface area contributed by atoms with Crippen LogP contribution in [-0.4, -0.2) is 45.2 Å². The van der Waals surface area contributed by atoms with Gasteiger partial charge in [0.1, 0.15) is 0 Å². The predicted molar refractivity (Wildman–Crippen MR) is 106 cm³/mol. The van der Waals surface area contributed by atoms with Crippen molar-refractivity contribution in [3.63, 3.8) is 0 Å². The highest BCUT2D eigenvalue weighted by Crippen LogP contribution is 2.41. The summed E-state index contributed by atoms with van der Waals surface area (Å²) in [6, 6.07) is 8.82. The van der Waals surface area contributed by atoms with Gasteiger partial charge in [-0.05, 0) is 55.5 Å². The van der Waals surface area contributed by atoms with E-state index in [0.29, 0.717) is 17.9 Å². The molecule has 0 amide bonds. The van der Waals surface area contributed by atoms with Crippen molar-refractivity contribution in [2.24, 2.45) is 0 Å². The first-order valence-corrected chi connectivity index (χ1v) is 9.94. The van der Waals surface area contributed by atoms with Gasteiger partial charge < -0.3 is 10.8 Å². The van der Waals surface area contributed by atoms with Crippen LogP contribution < -0.4 is 5.73 Å². The van der Waals surface area contributed by atoms with Gasteiger partial charge in [0.05, 0.1) is 5.69 Å². The van der Waals surface area contributed by atoms with Gasteiger partial charge in [-0.25, -0.2) is 14.8 Å². The molecule has 0 spiro atoms. The Morgan fingerprint density at radius 3 is 2.67 bits per heavy atom. The first-order chi connectivity index (χ1) is 14.2. The van der Waals surface area contributed by atoms with Crippen molar-refractivity contribution in [3.05, 3.63) is 52.3 Å². The van der Waals surface area contributed by atoms with Gasteiger partial charge in [-0.2, -0.15) is 13.2 Å². The lowest BCUT2D eigenvalue weighted by molar-refractivity contribution is -0.192. The van der Waals surface area contributed by atoms with Crippen LogP contribution in [0.15, 0.2) is 30.5 Å². The largest absolute Gasteiger partial charge is 0.490 e. The first kappa shape index (κ1) is 22.3. The maximum Gasteiger partial charge on any atom is 0.490 e. The Hall–Kier alpha value is -2.39. The second-order valence-electron chi connectivity index (χ2n) is 7.34. The lowest BCUT2D eigenvalue weighted by Crippen LogP contribution is -2.37. The van der Waals surface area contributed by atoms with Crippen LogP contribution in [0.25, 0.3) is 0 Å². The molecule has 2 unspecified atom stereocenters. The van der Waals surface area contributed by atoms with Gasteiger partial charge in [0.15, 0.2) is 0 Å². The number of piperidine rings is 1. The van der Waals surface area contributed by atoms with Crippen molar-refractivity contribution < 1.29 is 23.1 Å². The Labute approximate surface area is 176 Å². The Balaban J connectivity index is 0.000000318. The van der Waals surface area contributed by atoms with Gasteiger partial charge in [-0.1, -0.05) is 23.7 Å². The smallest absolute Gasteiger partial charge is 0.475 e. The summed E-state index contributed by atoms with van der Waals surface area (Å²) < 4.78 is 31.7. The summed E-state index contributed by atoms with van der Waals surface area (Å²) in [6.45, 7) is 2.18. The van der Waals surface area contributed by atoms with Crippen molar-refractivity contribution >= 4 is 23.5 Å². The molecule has 162 valence electrons. The fourth-order valence-electron chi connectivity index (χ4n) is 4.11. The molecule has 1 aromatic heterocycles. The summed E-state index contributed by atoms with van der Waals surface area (Å²) in [5.41, 5.74) is 9.58. The molecule has 4 rings (SSSR count). The number of carboxylic acids is 1. The van der Waals surface area contributed by atoms with Crippen LogP contribution in [0.5, 0.6) is 0 Å². The molecular weight excluding hydrogens is 421 g/mol. The predicted octanol–water partition coefficient (Wildman–Crippen LogP) is 4.21. The molecule has 2 heterocycles. The minimum atomic E-state index is -5.08. The average molecular weight is 443 g/mol. The highest BCUT2D eigenvalue weighted by molar-refractivity contribution is 6.31. The number of fused-ring (bicyclic) bond motifs is 1. The Morgan fingerprint density at radius 2 is 2.00 bits per heavy atom. The van der Waals surface area contributed by atoms with Crippen LogP contribution in [0.4, 0.5) is 19.1 Å². The lowest BCUT2D eigenvalue weighted by atomic mass is 9.92. The second kappa shape index (κ2) is 9.18. The van der Waals surface area contributed by atoms with E-state index in [4.69, 9.17) is 27.2 Å². The monoisotopic (exact) mass is 442 g/mol. The molecule has 3 N–H and O–H groups in total. The van der Waals surface area contributed by atoms with E-state index in [1.807, 2.05) is 12.1 Å². The number of aliphatic carboxylic acids is 1. The molecule has 0 bridgehead atoms. The standard InChI is InChI=1S/C18H21ClN4.C2HF3O2/c19-15-5-1-4-14-13(15)6-7-17(14)23-10-2-3-12(11-23)16-8-9-21-18(20)22-16;3-2(4,5)1(6)7/h1,4-5,8-9,12,17H,2-3,6-7,10-11H2,(H2,20,21,22);(H,6,7). The number of hydrogen-bond donors (Lipinski definition) is 2. The van der Waals surface area contributed by atoms with Crippen molar-refractivity contribution in [1.82, 2.24) is 14.9 Å². The summed E-state index contributed by atoms with van der Waals surface area (Å²) in [6.07, 6.45) is 1.29. The van der Waals surface area contributed by atoms with Gasteiger partial charge in [-0.15, -0.1) is 0 Å². The average Bonchev–Trinajstić information content (AvgIpc) is 3.13. The maximum absolute atomic E-state index is 10.6. The van der Waals surface area contributed by atoms with E-state index in [0.717, 1.165) is 36.6 Å². The number of rotatable bonds is 2. The zero-order valence-electron chi connectivity index (χ0n) is 16.1. The number of nitrogens with two attached hydrogens (primary N) is 1. The number of halogens is 4. The number of benzene rings is 1. The molecular formula is C20H22ClF3N4O2. The van der Waals surface area contributed by atoms with Gasteiger partial charge in [0.25, 0.3) is 0 Å². The van der Waals surface area contributed by atoms with E-state index < -0.39 is 12.1 Å². The molecule has 10 heteroatoms. The summed E-state index contributed by atoms with van der Waals surface area (Å²) in [5.74, 6) is -1.94. The molecule has 2 aromatic rings. The molecule has 0 radical (unpaired) electrons. The number of hydrogen-bond acceptors (Lipinski definition) is 5. The minimum absolute atomic E-state index is 0.373. The zero-order valence-corrected chi connectivity index (χ0v) is 16.8. The second-order valence-corrected chi connectivity index (χ2v) is 7.75. The van der Waals surface area contributed by atoms with Crippen molar-refractivity contribution in [2.75, 3.05) is 18.8 Å². The number of alkyl halides is 3. The van der Waals surface area contributed by atoms with Crippen molar-refractivity contribution in [1.29, 1.82) is 0 Å². The fraction of sp³-hybridized carbons (Fsp3) is 0.450. The molecule has 1 fully saturated rings. The SMILES string of the molecule is Nc1nccc(C2CCCN(C3CCc4c(Cl)cccc43)C2)n1.O=C(O)C(F)(F)F. The number of aromatic nitrogens is 2. The van der Waals surface area contributed by atoms with E-state index in [-0.39, 0.29) is 0 Å². The molecule has 6 nitrogen and oxygen atoms in total. The van der Waals surface area contributed by atoms with Crippen LogP contribution in [0.2, 0.25) is 5.02 Å². The van der Waals surface area contributed by atoms with Gasteiger partial charge in [0.2, 0.25) is 5.95 Å². The number of nitrogen functional groups attached to an aromatic ring is 1. The highest BCUT2D eigenvalue weighted by Gasteiger charge is 2.38. The number of carboxylic acid groups (broad SMARTS) is 1. The molecule has 1 aromatic carbocycles. The first-order valence-electron chi connectivity index (χ1n) is 9.56. The van der Waals surface area contributed by atoms with E-state index in [1.165, 1.54) is 24.0 Å². The van der Waals surface area contributed by atoms with Crippen LogP contribution in [-0.2, 0) is 11.2 Å². The Kier molecular flexibility index (Phi) is 6.82. The van der Waals surface area contributed by atoms with Crippen LogP contribution in [0, 0.1) is 0 Å². The third-order valence-electron chi connectivity index (χ3n) is 5.43. The molecule has 2 atom stereocenters. The highest BCUT2D eigenvalue weighted by atomic mass is 35.5. The van der Waals surface area contributed by atoms with Gasteiger partial charge in [0, 0.05) is 29.7 Å². The van der Waals surface area contributed by atoms with E-state index in [2.05, 4.69) is 27.0 Å². The fourth-order valence-corrected chi connectivity index (χ4v) is 4.39. The third kappa shape index (κ3) is 5.20. The van der Waals surface area contributed by atoms with Crippen molar-refractivity contribution in [2.45, 2.75) is 43.8 Å². The maximum atomic E-state index is 10.6. The molecule has 30 heavy (non-hydrogen) atoms. The molecule has 0 saturated carbocycles. The number of likely N-dealkylation sites (tertiary alicyclic amines) is 1. The topological polar surface area (TPSA) is 92.3 Å². The van der Waals surface area contributed by atoms with Gasteiger partial charge >= 0.3 is 12.1 Å². The molecule has 1 aliphatic heterocycles. The quantitative estimate of drug-likeness (QED) is 0.723. The van der Waals surface area contributed by atoms with E-state index in [1.54, 1.807) is 6.20 Å². The Bertz CT molecular complexity index is 910. The van der Waals surface area contributed by atoms with Crippen LogP contribution in [0.1, 0.15) is 48.0 Å². The van der Waals surface area contributed by atoms with Crippen LogP contribution in [0.3, 0.4) is 0 Å². The third-order valence-corrected chi connectivity index (χ3v) is 5.79. The number of nitrogens with zero attached hydrogens (tertiary/aromatic N) is 3. The Morgan fingerprint density at radius 1 is 1.27 bits per heavy atom. The van der Waals surface area contributed by atoms with Crippen molar-refractivity contribution in [3.8, 4) is 0 Å². The number of anilines is 1. The van der Waals surface area contributed by atoms with E-state index in [9.17, 15) is 13.2 Å². The minimum Gasteiger partial charge on any atom is -0.475 e. The summed E-state index contributed by atoms with van der Waals surface area (Å²) in [4.78, 5) is 19.9. The normalized spacial score (nSPS) is 21.5. The summed E-state index contributed by atoms with van der Waals surface area (Å²) >= 11 is 6.37. The zero-order chi connectivity index (χ0) is 21.9. The summed E-state index contributed by atoms with van der Waals surface area (Å²) in [5, 5.41) is 8.04. The van der Waals surface area contributed by atoms with Crippen LogP contribution >= 0.6 is 11.6 Å². The molecule has 2 aliphatic rings. The van der Waals surface area contributed by atoms with Gasteiger partial charge in [-0.3, -0.25) is 4.90 Å². The molecule has 1 saturated heterocycles. The molecule has 1 aliphatic carbocycles. The van der Waals surface area contributed by atoms with E-state index >= 15 is 0 Å². The summed E-state index contributed by atoms with van der Waals surface area (Å²) in [7, 11) is 0.